The van der Waals surface area contributed by atoms with E-state index in [-0.39, 0.29) is 75.9 Å². The number of carbonyl (C=O) groups excluding carboxylic acids is 1. The molecule has 8 fully saturated rings. The zero-order valence-corrected chi connectivity index (χ0v) is 42.3. The summed E-state index contributed by atoms with van der Waals surface area (Å²) in [7, 11) is 3.15. The molecular weight excluding hydrogens is 1030 g/mol. The molecule has 0 aliphatic heterocycles. The maximum absolute atomic E-state index is 13.3. The van der Waals surface area contributed by atoms with Gasteiger partial charge in [-0.15, -0.1) is 5.60 Å². The molecule has 0 aromatic heterocycles. The quantitative estimate of drug-likeness (QED) is 0.0604. The van der Waals surface area contributed by atoms with Gasteiger partial charge in [0, 0.05) is 26.0 Å². The fourth-order valence-electron chi connectivity index (χ4n) is 10.4. The van der Waals surface area contributed by atoms with Crippen LogP contribution in [0, 0.1) is 34.5 Å². The first-order valence-electron chi connectivity index (χ1n) is 19.2. The third-order valence-corrected chi connectivity index (χ3v) is 13.3. The van der Waals surface area contributed by atoms with Crippen LogP contribution in [0.25, 0.3) is 0 Å². The first-order valence-corrected chi connectivity index (χ1v) is 21.9. The summed E-state index contributed by atoms with van der Waals surface area (Å²) in [5.41, 5.74) is -2.66. The number of carboxylic acids is 1. The molecule has 1 N–H and O–H groups in total. The molecule has 340 valence electrons. The van der Waals surface area contributed by atoms with Crippen LogP contribution in [0.2, 0.25) is 0 Å². The van der Waals surface area contributed by atoms with Gasteiger partial charge < -0.3 is 33.9 Å². The average Bonchev–Trinajstić information content (AvgIpc) is 3.04. The number of methoxy groups -OCH3 is 2. The fourth-order valence-corrected chi connectivity index (χ4v) is 11.3. The molecule has 8 aliphatic rings. The third-order valence-electron chi connectivity index (χ3n) is 11.8. The first-order chi connectivity index (χ1) is 26.4. The number of ether oxygens (including phenoxy) is 5. The normalized spacial score (nSPS) is 33.0. The van der Waals surface area contributed by atoms with E-state index in [1.807, 2.05) is 0 Å². The van der Waals surface area contributed by atoms with Crippen LogP contribution in [0.4, 0.5) is 35.1 Å². The summed E-state index contributed by atoms with van der Waals surface area (Å²) in [5, 5.41) is 19.5. The van der Waals surface area contributed by atoms with Gasteiger partial charge in [0.2, 0.25) is 0 Å². The van der Waals surface area contributed by atoms with Crippen molar-refractivity contribution in [3.05, 3.63) is 0 Å². The van der Waals surface area contributed by atoms with Gasteiger partial charge in [-0.3, -0.25) is 9.59 Å². The van der Waals surface area contributed by atoms with Crippen molar-refractivity contribution in [1.82, 2.24) is 0 Å². The topological polar surface area (TPSA) is 124 Å². The fraction of sp³-hybridized carbons (Fsp3) is 0.947. The van der Waals surface area contributed by atoms with Gasteiger partial charge in [-0.2, -0.15) is 35.1 Å². The van der Waals surface area contributed by atoms with E-state index in [4.69, 9.17) is 23.7 Å². The van der Waals surface area contributed by atoms with Crippen LogP contribution in [0.5, 0.6) is 0 Å². The molecule has 0 aromatic carbocycles. The molecule has 8 rings (SSSR count). The molecule has 59 heavy (non-hydrogen) atoms. The molecular formula is C38H56Br3F8KO9. The summed E-state index contributed by atoms with van der Waals surface area (Å²) in [6, 6.07) is 0. The van der Waals surface area contributed by atoms with Gasteiger partial charge in [0.25, 0.3) is 0 Å². The van der Waals surface area contributed by atoms with Gasteiger partial charge in [0.1, 0.15) is 13.6 Å². The molecule has 0 amide bonds. The Morgan fingerprint density at radius 3 is 1.32 bits per heavy atom. The molecule has 0 aromatic rings. The van der Waals surface area contributed by atoms with Crippen molar-refractivity contribution in [1.29, 1.82) is 0 Å². The smallest absolute Gasteiger partial charge is 0.850 e. The minimum absolute atomic E-state index is 0. The number of carboxylic acid groups (broad SMARTS) is 1. The summed E-state index contributed by atoms with van der Waals surface area (Å²) in [5.74, 6) is -7.69. The van der Waals surface area contributed by atoms with Crippen molar-refractivity contribution in [2.75, 3.05) is 39.7 Å². The Hall–Kier alpha value is 1.26. The largest absolute Gasteiger partial charge is 1.00 e. The molecule has 8 aliphatic carbocycles. The molecule has 0 spiro atoms. The molecule has 0 saturated heterocycles. The number of carbonyl (C=O) groups is 2. The second-order valence-electron chi connectivity index (χ2n) is 18.1. The Morgan fingerprint density at radius 1 is 0.678 bits per heavy atom. The number of hydrogen-bond acceptors (Lipinski definition) is 8. The SMILES string of the molecule is CC(C)(C)[O-].COCOC12CC3CC(C1)CC(C(=O)O)(C3)C2.COCOC12CC3CC(C1)CC(C(=O)OCCC(F)(F)C(F)(F)Br)(C3)C2.FC(F)(Br)C(F)(F)CCBr.[K+]. The van der Waals surface area contributed by atoms with E-state index >= 15 is 0 Å². The van der Waals surface area contributed by atoms with Gasteiger partial charge in [0.15, 0.2) is 0 Å². The van der Waals surface area contributed by atoms with Gasteiger partial charge >= 0.3 is 84.8 Å². The Bertz CT molecular complexity index is 1350. The average molecular weight is 1090 g/mol. The summed E-state index contributed by atoms with van der Waals surface area (Å²) in [4.78, 5) is 15.8. The Labute approximate surface area is 409 Å². The maximum atomic E-state index is 13.3. The van der Waals surface area contributed by atoms with E-state index in [1.54, 1.807) is 59.7 Å². The number of esters is 1. The van der Waals surface area contributed by atoms with E-state index in [0.717, 1.165) is 44.9 Å². The number of halogens is 11. The van der Waals surface area contributed by atoms with Crippen molar-refractivity contribution in [2.45, 2.75) is 149 Å². The summed E-state index contributed by atoms with van der Waals surface area (Å²) < 4.78 is 127. The van der Waals surface area contributed by atoms with Crippen molar-refractivity contribution >= 4 is 59.7 Å². The van der Waals surface area contributed by atoms with Crippen LogP contribution in [-0.2, 0) is 33.3 Å². The van der Waals surface area contributed by atoms with Crippen LogP contribution in [0.1, 0.15) is 111 Å². The van der Waals surface area contributed by atoms with E-state index < -0.39 is 74.9 Å². The Morgan fingerprint density at radius 2 is 1.02 bits per heavy atom. The molecule has 9 nitrogen and oxygen atoms in total. The minimum atomic E-state index is -4.33. The number of rotatable bonds is 15. The standard InChI is InChI=1S/C17H23BrF4O4.C13H20O4.C4H4Br2F4.C4H9O.K/c1-24-10-26-15-7-11-4-12(8-15)6-14(5-11,9-15)13(23)25-3-2-16(19,20)17(18,21)22;1-16-8-17-13-5-9-2-10(6-13)4-12(3-9,7-13)11(14)15;5-2-1-3(7,8)4(6,9)10;1-4(2,3)5;/h11-12H,2-10H2,1H3;9-10H,2-8H2,1H3,(H,14,15);1-2H2;1-3H3;/q;;;-1;+1. The van der Waals surface area contributed by atoms with Crippen LogP contribution >= 0.6 is 47.8 Å². The Balaban J connectivity index is 0.000000312. The van der Waals surface area contributed by atoms with Crippen molar-refractivity contribution < 1.29 is 130 Å². The molecule has 4 unspecified atom stereocenters. The van der Waals surface area contributed by atoms with E-state index in [2.05, 4.69) is 15.9 Å². The Kier molecular flexibility index (Phi) is 20.7. The van der Waals surface area contributed by atoms with Gasteiger partial charge in [0.05, 0.1) is 35.1 Å². The minimum Gasteiger partial charge on any atom is -0.850 e. The van der Waals surface area contributed by atoms with Crippen molar-refractivity contribution in [3.8, 4) is 0 Å². The number of alkyl halides is 11. The third kappa shape index (κ3) is 15.4. The van der Waals surface area contributed by atoms with Crippen molar-refractivity contribution in [3.63, 3.8) is 0 Å². The van der Waals surface area contributed by atoms with E-state index in [0.29, 0.717) is 49.4 Å². The maximum Gasteiger partial charge on any atom is 1.00 e. The van der Waals surface area contributed by atoms with Gasteiger partial charge in [-0.1, -0.05) is 36.7 Å². The molecule has 0 heterocycles. The first kappa shape index (κ1) is 56.4. The zero-order valence-electron chi connectivity index (χ0n) is 34.4. The molecule has 21 heteroatoms. The summed E-state index contributed by atoms with van der Waals surface area (Å²) in [6.07, 6.45) is 8.05. The predicted molar refractivity (Wildman–Crippen MR) is 205 cm³/mol. The van der Waals surface area contributed by atoms with Gasteiger partial charge in [-0.25, -0.2) is 0 Å². The van der Waals surface area contributed by atoms with E-state index in [1.165, 1.54) is 13.5 Å². The molecule has 0 radical (unpaired) electrons. The van der Waals surface area contributed by atoms with Crippen molar-refractivity contribution in [2.24, 2.45) is 34.5 Å². The second-order valence-corrected chi connectivity index (χ2v) is 20.9. The van der Waals surface area contributed by atoms with Gasteiger partial charge in [-0.05, 0) is 133 Å². The van der Waals surface area contributed by atoms with Crippen LogP contribution in [0.3, 0.4) is 0 Å². The zero-order chi connectivity index (χ0) is 44.2. The van der Waals surface area contributed by atoms with E-state index in [9.17, 15) is 54.9 Å². The summed E-state index contributed by atoms with van der Waals surface area (Å²) in [6.45, 7) is 4.58. The molecule has 8 saturated carbocycles. The second kappa shape index (κ2) is 21.7. The van der Waals surface area contributed by atoms with Crippen LogP contribution in [-0.4, -0.2) is 95.1 Å². The molecule has 8 bridgehead atoms. The number of hydrogen-bond donors (Lipinski definition) is 1. The molecule has 4 atom stereocenters. The van der Waals surface area contributed by atoms with Crippen LogP contribution < -0.4 is 56.5 Å². The monoisotopic (exact) mass is 1080 g/mol. The number of aliphatic carboxylic acids is 1. The van der Waals surface area contributed by atoms with Crippen LogP contribution in [0.15, 0.2) is 0 Å². The summed E-state index contributed by atoms with van der Waals surface area (Å²) >= 11 is 5.92. The predicted octanol–water partition coefficient (Wildman–Crippen LogP) is 7.08.